The molecule has 0 aromatic carbocycles. The number of hydrogen-bond donors (Lipinski definition) is 0. The lowest BCUT2D eigenvalue weighted by Crippen LogP contribution is -2.11. The Kier molecular flexibility index (Phi) is 4.63. The Balaban J connectivity index is 1.81. The highest BCUT2D eigenvalue weighted by atomic mass is 79.9. The van der Waals surface area contributed by atoms with Crippen LogP contribution in [0.15, 0.2) is 36.5 Å². The van der Waals surface area contributed by atoms with Gasteiger partial charge >= 0.3 is 0 Å². The van der Waals surface area contributed by atoms with Crippen molar-refractivity contribution >= 4 is 15.9 Å². The molecular weight excluding hydrogens is 276 g/mol. The SMILES string of the molecule is CO[C@@]1(/C=C/C2C=CC=C2)C[C@H]1CCCCBr. The lowest BCUT2D eigenvalue weighted by Gasteiger charge is -2.11. The van der Waals surface area contributed by atoms with Crippen LogP contribution in [0.5, 0.6) is 0 Å². The summed E-state index contributed by atoms with van der Waals surface area (Å²) in [6.45, 7) is 0. The summed E-state index contributed by atoms with van der Waals surface area (Å²) in [5.74, 6) is 1.21. The van der Waals surface area contributed by atoms with Crippen LogP contribution in [0.3, 0.4) is 0 Å². The number of ether oxygens (including phenoxy) is 1. The lowest BCUT2D eigenvalue weighted by molar-refractivity contribution is 0.104. The molecular formula is C15H21BrO. The molecule has 0 aromatic heterocycles. The van der Waals surface area contributed by atoms with E-state index in [0.717, 1.165) is 11.2 Å². The molecule has 0 bridgehead atoms. The molecule has 0 amide bonds. The molecule has 1 saturated carbocycles. The smallest absolute Gasteiger partial charge is 0.0892 e. The minimum absolute atomic E-state index is 0.0522. The summed E-state index contributed by atoms with van der Waals surface area (Å²) in [7, 11) is 1.84. The fourth-order valence-electron chi connectivity index (χ4n) is 2.53. The van der Waals surface area contributed by atoms with Gasteiger partial charge < -0.3 is 4.74 Å². The number of hydrogen-bond acceptors (Lipinski definition) is 1. The van der Waals surface area contributed by atoms with Gasteiger partial charge in [0.2, 0.25) is 0 Å². The van der Waals surface area contributed by atoms with Crippen molar-refractivity contribution in [2.75, 3.05) is 12.4 Å². The van der Waals surface area contributed by atoms with Crippen molar-refractivity contribution in [1.82, 2.24) is 0 Å². The van der Waals surface area contributed by atoms with Gasteiger partial charge in [0.15, 0.2) is 0 Å². The van der Waals surface area contributed by atoms with Crippen molar-refractivity contribution in [3.63, 3.8) is 0 Å². The summed E-state index contributed by atoms with van der Waals surface area (Å²) in [6, 6.07) is 0. The van der Waals surface area contributed by atoms with Crippen molar-refractivity contribution in [3.8, 4) is 0 Å². The molecule has 0 aliphatic heterocycles. The Bertz CT molecular complexity index is 320. The van der Waals surface area contributed by atoms with Gasteiger partial charge in [-0.1, -0.05) is 58.8 Å². The molecule has 0 spiro atoms. The fourth-order valence-corrected chi connectivity index (χ4v) is 2.93. The Morgan fingerprint density at radius 2 is 2.12 bits per heavy atom. The van der Waals surface area contributed by atoms with E-state index in [1.54, 1.807) is 0 Å². The quantitative estimate of drug-likeness (QED) is 0.388. The van der Waals surface area contributed by atoms with Crippen molar-refractivity contribution in [1.29, 1.82) is 0 Å². The van der Waals surface area contributed by atoms with Crippen LogP contribution in [0.4, 0.5) is 0 Å². The maximum atomic E-state index is 5.71. The van der Waals surface area contributed by atoms with Crippen molar-refractivity contribution in [2.45, 2.75) is 31.3 Å². The van der Waals surface area contributed by atoms with E-state index in [1.807, 2.05) is 7.11 Å². The molecule has 1 fully saturated rings. The first-order valence-electron chi connectivity index (χ1n) is 6.46. The molecule has 94 valence electrons. The standard InChI is InChI=1S/C15H21BrO/c1-17-15(10-9-13-6-2-3-7-13)12-14(15)8-4-5-11-16/h2-3,6-7,9-10,13-14H,4-5,8,11-12H2,1H3/b10-9+/t14-,15+/m1/s1. The first-order chi connectivity index (χ1) is 8.30. The van der Waals surface area contributed by atoms with E-state index in [1.165, 1.54) is 25.7 Å². The molecule has 2 atom stereocenters. The summed E-state index contributed by atoms with van der Waals surface area (Å²) in [5, 5.41) is 1.12. The zero-order valence-corrected chi connectivity index (χ0v) is 12.0. The van der Waals surface area contributed by atoms with Crippen molar-refractivity contribution in [3.05, 3.63) is 36.5 Å². The second-order valence-corrected chi connectivity index (χ2v) is 5.74. The van der Waals surface area contributed by atoms with Crippen molar-refractivity contribution in [2.24, 2.45) is 11.8 Å². The van der Waals surface area contributed by atoms with Gasteiger partial charge in [0.25, 0.3) is 0 Å². The third kappa shape index (κ3) is 3.32. The average Bonchev–Trinajstić information content (AvgIpc) is 2.80. The van der Waals surface area contributed by atoms with Crippen LogP contribution in [0.2, 0.25) is 0 Å². The van der Waals surface area contributed by atoms with E-state index in [2.05, 4.69) is 52.4 Å². The highest BCUT2D eigenvalue weighted by molar-refractivity contribution is 9.09. The Morgan fingerprint density at radius 3 is 2.76 bits per heavy atom. The van der Waals surface area contributed by atoms with Gasteiger partial charge in [0.05, 0.1) is 5.60 Å². The molecule has 0 N–H and O–H groups in total. The number of alkyl halides is 1. The molecule has 1 nitrogen and oxygen atoms in total. The van der Waals surface area contributed by atoms with Gasteiger partial charge in [-0.05, 0) is 25.2 Å². The summed E-state index contributed by atoms with van der Waals surface area (Å²) in [6.07, 6.45) is 18.3. The van der Waals surface area contributed by atoms with E-state index < -0.39 is 0 Å². The number of unbranched alkanes of at least 4 members (excludes halogenated alkanes) is 1. The third-order valence-corrected chi connectivity index (χ3v) is 4.35. The Morgan fingerprint density at radius 1 is 1.35 bits per heavy atom. The second-order valence-electron chi connectivity index (χ2n) is 4.95. The van der Waals surface area contributed by atoms with Gasteiger partial charge in [-0.25, -0.2) is 0 Å². The van der Waals surface area contributed by atoms with Gasteiger partial charge in [0, 0.05) is 18.4 Å². The second kappa shape index (κ2) is 6.01. The zero-order valence-electron chi connectivity index (χ0n) is 10.4. The van der Waals surface area contributed by atoms with Crippen LogP contribution in [-0.2, 0) is 4.74 Å². The molecule has 2 rings (SSSR count). The summed E-state index contributed by atoms with van der Waals surface area (Å²) in [5.41, 5.74) is 0.0522. The number of rotatable bonds is 7. The van der Waals surface area contributed by atoms with Gasteiger partial charge in [0.1, 0.15) is 0 Å². The van der Waals surface area contributed by atoms with Gasteiger partial charge in [-0.15, -0.1) is 0 Å². The maximum absolute atomic E-state index is 5.71. The van der Waals surface area contributed by atoms with Gasteiger partial charge in [-0.2, -0.15) is 0 Å². The normalized spacial score (nSPS) is 31.8. The Labute approximate surface area is 113 Å². The predicted molar refractivity (Wildman–Crippen MR) is 76.4 cm³/mol. The lowest BCUT2D eigenvalue weighted by atomic mass is 10.1. The average molecular weight is 297 g/mol. The predicted octanol–water partition coefficient (Wildman–Crippen LogP) is 4.26. The molecule has 0 unspecified atom stereocenters. The van der Waals surface area contributed by atoms with E-state index in [0.29, 0.717) is 5.92 Å². The minimum atomic E-state index is 0.0522. The zero-order chi connectivity index (χ0) is 12.1. The molecule has 0 heterocycles. The van der Waals surface area contributed by atoms with E-state index in [9.17, 15) is 0 Å². The maximum Gasteiger partial charge on any atom is 0.0892 e. The number of allylic oxidation sites excluding steroid dienone is 5. The first-order valence-corrected chi connectivity index (χ1v) is 7.58. The number of methoxy groups -OCH3 is 1. The monoisotopic (exact) mass is 296 g/mol. The molecule has 0 radical (unpaired) electrons. The van der Waals surface area contributed by atoms with Crippen LogP contribution in [-0.4, -0.2) is 18.0 Å². The fraction of sp³-hybridized carbons (Fsp3) is 0.600. The largest absolute Gasteiger partial charge is 0.374 e. The molecule has 2 aliphatic carbocycles. The number of halogens is 1. The van der Waals surface area contributed by atoms with Crippen LogP contribution in [0, 0.1) is 11.8 Å². The highest BCUT2D eigenvalue weighted by Crippen LogP contribution is 2.50. The van der Waals surface area contributed by atoms with E-state index >= 15 is 0 Å². The van der Waals surface area contributed by atoms with Crippen LogP contribution >= 0.6 is 15.9 Å². The highest BCUT2D eigenvalue weighted by Gasteiger charge is 2.51. The first kappa shape index (κ1) is 13.1. The van der Waals surface area contributed by atoms with Crippen LogP contribution in [0.25, 0.3) is 0 Å². The van der Waals surface area contributed by atoms with Crippen molar-refractivity contribution < 1.29 is 4.74 Å². The molecule has 0 aromatic rings. The van der Waals surface area contributed by atoms with E-state index in [-0.39, 0.29) is 5.60 Å². The van der Waals surface area contributed by atoms with Crippen LogP contribution in [0.1, 0.15) is 25.7 Å². The molecule has 0 saturated heterocycles. The topological polar surface area (TPSA) is 9.23 Å². The van der Waals surface area contributed by atoms with E-state index in [4.69, 9.17) is 4.74 Å². The molecule has 2 aliphatic rings. The van der Waals surface area contributed by atoms with Gasteiger partial charge in [-0.3, -0.25) is 0 Å². The minimum Gasteiger partial charge on any atom is -0.374 e. The summed E-state index contributed by atoms with van der Waals surface area (Å²) >= 11 is 3.48. The Hall–Kier alpha value is -0.340. The molecule has 17 heavy (non-hydrogen) atoms. The van der Waals surface area contributed by atoms with Crippen LogP contribution < -0.4 is 0 Å². The molecule has 2 heteroatoms. The summed E-state index contributed by atoms with van der Waals surface area (Å²) in [4.78, 5) is 0. The summed E-state index contributed by atoms with van der Waals surface area (Å²) < 4.78 is 5.71. The third-order valence-electron chi connectivity index (χ3n) is 3.79.